The number of fused-ring (bicyclic) bond motifs is 1. The van der Waals surface area contributed by atoms with Crippen molar-refractivity contribution < 1.29 is 13.9 Å². The Hall–Kier alpha value is -1.97. The van der Waals surface area contributed by atoms with Crippen molar-refractivity contribution in [1.29, 1.82) is 0 Å². The Balaban J connectivity index is 2.01. The molecule has 1 aromatic carbocycles. The summed E-state index contributed by atoms with van der Waals surface area (Å²) in [5.41, 5.74) is 1.58. The molecule has 2 aromatic rings. The number of amides is 1. The maximum Gasteiger partial charge on any atom is 0.287 e. The summed E-state index contributed by atoms with van der Waals surface area (Å²) >= 11 is 0. The molecule has 4 heteroatoms. The van der Waals surface area contributed by atoms with E-state index >= 15 is 0 Å². The molecule has 0 unspecified atom stereocenters. The fourth-order valence-electron chi connectivity index (χ4n) is 2.02. The van der Waals surface area contributed by atoms with Crippen molar-refractivity contribution in [3.8, 4) is 5.75 Å². The summed E-state index contributed by atoms with van der Waals surface area (Å²) in [4.78, 5) is 12.0. The molecule has 3 rings (SSSR count). The summed E-state index contributed by atoms with van der Waals surface area (Å²) in [5.74, 6) is 1.05. The van der Waals surface area contributed by atoms with E-state index in [-0.39, 0.29) is 5.91 Å². The van der Waals surface area contributed by atoms with Crippen molar-refractivity contribution in [2.75, 3.05) is 7.11 Å². The van der Waals surface area contributed by atoms with Crippen LogP contribution in [0.4, 0.5) is 0 Å². The van der Waals surface area contributed by atoms with E-state index in [0.29, 0.717) is 17.4 Å². The summed E-state index contributed by atoms with van der Waals surface area (Å²) in [6.07, 6.45) is 2.14. The van der Waals surface area contributed by atoms with Gasteiger partial charge < -0.3 is 14.5 Å². The molecule has 1 heterocycles. The largest absolute Gasteiger partial charge is 0.497 e. The quantitative estimate of drug-likeness (QED) is 0.904. The first-order chi connectivity index (χ1) is 8.69. The lowest BCUT2D eigenvalue weighted by atomic mass is 10.1. The lowest BCUT2D eigenvalue weighted by molar-refractivity contribution is 0.0924. The van der Waals surface area contributed by atoms with Gasteiger partial charge in [0.15, 0.2) is 5.76 Å². The van der Waals surface area contributed by atoms with Crippen molar-refractivity contribution in [3.05, 3.63) is 29.5 Å². The van der Waals surface area contributed by atoms with Gasteiger partial charge in [-0.05, 0) is 38.0 Å². The van der Waals surface area contributed by atoms with Gasteiger partial charge in [-0.2, -0.15) is 0 Å². The number of hydrogen-bond donors (Lipinski definition) is 1. The van der Waals surface area contributed by atoms with Crippen molar-refractivity contribution >= 4 is 16.9 Å². The molecular weight excluding hydrogens is 230 g/mol. The van der Waals surface area contributed by atoms with E-state index in [1.807, 2.05) is 25.1 Å². The fourth-order valence-corrected chi connectivity index (χ4v) is 2.02. The predicted octanol–water partition coefficient (Wildman–Crippen LogP) is 2.64. The van der Waals surface area contributed by atoms with Crippen molar-refractivity contribution in [2.45, 2.75) is 25.8 Å². The number of ether oxygens (including phenoxy) is 1. The molecule has 4 nitrogen and oxygen atoms in total. The molecule has 1 N–H and O–H groups in total. The van der Waals surface area contributed by atoms with E-state index < -0.39 is 0 Å². The summed E-state index contributed by atoms with van der Waals surface area (Å²) < 4.78 is 10.8. The van der Waals surface area contributed by atoms with Crippen LogP contribution in [-0.2, 0) is 0 Å². The Kier molecular flexibility index (Phi) is 2.51. The zero-order chi connectivity index (χ0) is 12.7. The van der Waals surface area contributed by atoms with Gasteiger partial charge in [-0.1, -0.05) is 0 Å². The molecule has 94 valence electrons. The monoisotopic (exact) mass is 245 g/mol. The Morgan fingerprint density at radius 2 is 2.22 bits per heavy atom. The molecule has 1 amide bonds. The molecule has 1 aliphatic carbocycles. The van der Waals surface area contributed by atoms with Gasteiger partial charge in [0.25, 0.3) is 5.91 Å². The fraction of sp³-hybridized carbons (Fsp3) is 0.357. The zero-order valence-electron chi connectivity index (χ0n) is 10.4. The number of rotatable bonds is 3. The van der Waals surface area contributed by atoms with Crippen LogP contribution >= 0.6 is 0 Å². The van der Waals surface area contributed by atoms with Crippen LogP contribution in [-0.4, -0.2) is 19.1 Å². The first-order valence-corrected chi connectivity index (χ1v) is 6.07. The Morgan fingerprint density at radius 1 is 1.44 bits per heavy atom. The highest BCUT2D eigenvalue weighted by atomic mass is 16.5. The second-order valence-electron chi connectivity index (χ2n) is 4.67. The first kappa shape index (κ1) is 11.1. The molecular formula is C14H15NO3. The van der Waals surface area contributed by atoms with E-state index in [4.69, 9.17) is 9.15 Å². The molecule has 1 aliphatic rings. The van der Waals surface area contributed by atoms with E-state index in [0.717, 1.165) is 29.5 Å². The molecule has 0 atom stereocenters. The molecule has 0 aliphatic heterocycles. The molecule has 1 saturated carbocycles. The van der Waals surface area contributed by atoms with Crippen LogP contribution in [0.25, 0.3) is 11.0 Å². The third-order valence-electron chi connectivity index (χ3n) is 3.26. The third kappa shape index (κ3) is 1.83. The number of nitrogens with one attached hydrogen (secondary N) is 1. The van der Waals surface area contributed by atoms with Crippen molar-refractivity contribution in [1.82, 2.24) is 5.32 Å². The SMILES string of the molecule is COc1ccc2oc(C(=O)NC3CC3)c(C)c2c1. The van der Waals surface area contributed by atoms with Crippen molar-refractivity contribution in [2.24, 2.45) is 0 Å². The molecule has 0 bridgehead atoms. The Bertz CT molecular complexity index is 611. The minimum atomic E-state index is -0.120. The van der Waals surface area contributed by atoms with Gasteiger partial charge >= 0.3 is 0 Å². The van der Waals surface area contributed by atoms with Crippen LogP contribution in [0.5, 0.6) is 5.75 Å². The number of benzene rings is 1. The minimum Gasteiger partial charge on any atom is -0.497 e. The highest BCUT2D eigenvalue weighted by Crippen LogP contribution is 2.29. The van der Waals surface area contributed by atoms with Gasteiger partial charge in [0.05, 0.1) is 7.11 Å². The highest BCUT2D eigenvalue weighted by Gasteiger charge is 2.26. The van der Waals surface area contributed by atoms with E-state index in [1.54, 1.807) is 7.11 Å². The average molecular weight is 245 g/mol. The van der Waals surface area contributed by atoms with Crippen LogP contribution in [0, 0.1) is 6.92 Å². The van der Waals surface area contributed by atoms with Crippen LogP contribution in [0.2, 0.25) is 0 Å². The summed E-state index contributed by atoms with van der Waals surface area (Å²) in [6.45, 7) is 1.90. The molecule has 0 spiro atoms. The standard InChI is InChI=1S/C14H15NO3/c1-8-11-7-10(17-2)5-6-12(11)18-13(8)14(16)15-9-3-4-9/h5-7,9H,3-4H2,1-2H3,(H,15,16). The van der Waals surface area contributed by atoms with E-state index in [2.05, 4.69) is 5.32 Å². The summed E-state index contributed by atoms with van der Waals surface area (Å²) in [5, 5.41) is 3.86. The number of hydrogen-bond acceptors (Lipinski definition) is 3. The van der Waals surface area contributed by atoms with Crippen molar-refractivity contribution in [3.63, 3.8) is 0 Å². The van der Waals surface area contributed by atoms with Crippen LogP contribution in [0.1, 0.15) is 29.0 Å². The summed E-state index contributed by atoms with van der Waals surface area (Å²) in [6, 6.07) is 5.88. The number of aryl methyl sites for hydroxylation is 1. The highest BCUT2D eigenvalue weighted by molar-refractivity contribution is 5.99. The molecule has 1 aromatic heterocycles. The summed E-state index contributed by atoms with van der Waals surface area (Å²) in [7, 11) is 1.62. The maximum atomic E-state index is 12.0. The second-order valence-corrected chi connectivity index (χ2v) is 4.67. The zero-order valence-corrected chi connectivity index (χ0v) is 10.4. The second kappa shape index (κ2) is 4.05. The van der Waals surface area contributed by atoms with Crippen LogP contribution in [0.3, 0.4) is 0 Å². The topological polar surface area (TPSA) is 51.5 Å². The van der Waals surface area contributed by atoms with Gasteiger partial charge in [-0.15, -0.1) is 0 Å². The number of carbonyl (C=O) groups excluding carboxylic acids is 1. The van der Waals surface area contributed by atoms with Gasteiger partial charge in [0.2, 0.25) is 0 Å². The number of carbonyl (C=O) groups is 1. The van der Waals surface area contributed by atoms with Gasteiger partial charge in [-0.25, -0.2) is 0 Å². The average Bonchev–Trinajstić information content (AvgIpc) is 3.13. The number of methoxy groups -OCH3 is 1. The first-order valence-electron chi connectivity index (χ1n) is 6.07. The smallest absolute Gasteiger partial charge is 0.287 e. The Labute approximate surface area is 105 Å². The van der Waals surface area contributed by atoms with Gasteiger partial charge in [0, 0.05) is 17.0 Å². The normalized spacial score (nSPS) is 14.8. The molecule has 1 fully saturated rings. The number of furan rings is 1. The van der Waals surface area contributed by atoms with Gasteiger partial charge in [-0.3, -0.25) is 4.79 Å². The molecule has 18 heavy (non-hydrogen) atoms. The minimum absolute atomic E-state index is 0.120. The molecule has 0 radical (unpaired) electrons. The lowest BCUT2D eigenvalue weighted by Crippen LogP contribution is -2.25. The maximum absolute atomic E-state index is 12.0. The Morgan fingerprint density at radius 3 is 2.89 bits per heavy atom. The lowest BCUT2D eigenvalue weighted by Gasteiger charge is -2.00. The van der Waals surface area contributed by atoms with E-state index in [1.165, 1.54) is 0 Å². The predicted molar refractivity (Wildman–Crippen MR) is 68.0 cm³/mol. The van der Waals surface area contributed by atoms with E-state index in [9.17, 15) is 4.79 Å². The van der Waals surface area contributed by atoms with Crippen LogP contribution < -0.4 is 10.1 Å². The van der Waals surface area contributed by atoms with Crippen LogP contribution in [0.15, 0.2) is 22.6 Å². The van der Waals surface area contributed by atoms with Gasteiger partial charge in [0.1, 0.15) is 11.3 Å². The third-order valence-corrected chi connectivity index (χ3v) is 3.26. The molecule has 0 saturated heterocycles.